The zero-order valence-electron chi connectivity index (χ0n) is 18.1. The van der Waals surface area contributed by atoms with E-state index in [1.807, 2.05) is 0 Å². The van der Waals surface area contributed by atoms with Crippen molar-refractivity contribution in [2.75, 3.05) is 31.1 Å². The first-order valence-corrected chi connectivity index (χ1v) is 11.0. The molecule has 172 valence electrons. The molecule has 0 bridgehead atoms. The van der Waals surface area contributed by atoms with E-state index < -0.39 is 11.7 Å². The molecule has 1 aliphatic carbocycles. The van der Waals surface area contributed by atoms with Crippen LogP contribution in [0, 0.1) is 0 Å². The summed E-state index contributed by atoms with van der Waals surface area (Å²) in [6.45, 7) is 3.06. The summed E-state index contributed by atoms with van der Waals surface area (Å²) < 4.78 is 5.96. The van der Waals surface area contributed by atoms with Crippen LogP contribution in [0.2, 0.25) is 0 Å². The van der Waals surface area contributed by atoms with Crippen molar-refractivity contribution in [3.8, 4) is 5.75 Å². The minimum absolute atomic E-state index is 0.0944. The largest absolute Gasteiger partial charge is 0.475 e. The molecule has 0 aromatic heterocycles. The van der Waals surface area contributed by atoms with Crippen molar-refractivity contribution in [1.82, 2.24) is 15.5 Å². The second kappa shape index (κ2) is 8.68. The molecule has 10 nitrogen and oxygen atoms in total. The number of amides is 4. The smallest absolute Gasteiger partial charge is 0.407 e. The summed E-state index contributed by atoms with van der Waals surface area (Å²) >= 11 is 0. The van der Waals surface area contributed by atoms with Crippen LogP contribution in [0.1, 0.15) is 49.4 Å². The van der Waals surface area contributed by atoms with Gasteiger partial charge in [0.2, 0.25) is 5.91 Å². The van der Waals surface area contributed by atoms with Crippen LogP contribution in [0.4, 0.5) is 10.5 Å². The maximum atomic E-state index is 13.0. The molecular weight excluding hydrogens is 416 g/mol. The van der Waals surface area contributed by atoms with Crippen molar-refractivity contribution in [3.63, 3.8) is 0 Å². The molecular formula is C22H28N4O6. The Morgan fingerprint density at radius 1 is 1.28 bits per heavy atom. The third kappa shape index (κ3) is 4.35. The first-order chi connectivity index (χ1) is 15.3. The molecule has 1 spiro atoms. The minimum atomic E-state index is -0.992. The Morgan fingerprint density at radius 2 is 2.06 bits per heavy atom. The van der Waals surface area contributed by atoms with E-state index in [-0.39, 0.29) is 36.9 Å². The van der Waals surface area contributed by atoms with Gasteiger partial charge in [0, 0.05) is 57.0 Å². The van der Waals surface area contributed by atoms with Crippen LogP contribution in [0.3, 0.4) is 0 Å². The van der Waals surface area contributed by atoms with E-state index in [0.717, 1.165) is 0 Å². The molecule has 32 heavy (non-hydrogen) atoms. The average Bonchev–Trinajstić information content (AvgIpc) is 3.56. The second-order valence-corrected chi connectivity index (χ2v) is 8.48. The predicted octanol–water partition coefficient (Wildman–Crippen LogP) is 1.34. The molecule has 1 atom stereocenters. The number of carbonyl (C=O) groups is 4. The van der Waals surface area contributed by atoms with Crippen molar-refractivity contribution in [1.29, 1.82) is 0 Å². The van der Waals surface area contributed by atoms with Gasteiger partial charge in [-0.15, -0.1) is 0 Å². The van der Waals surface area contributed by atoms with Gasteiger partial charge in [-0.1, -0.05) is 6.92 Å². The highest BCUT2D eigenvalue weighted by Crippen LogP contribution is 2.49. The Hall–Kier alpha value is -3.30. The zero-order valence-corrected chi connectivity index (χ0v) is 18.1. The SMILES string of the molecule is CCC(=O)NCCN1C(=O)C2(CC2)Oc2ccc(C(=O)N[C@@H]3CCCN(C(=O)O)C3)cc21. The normalized spacial score (nSPS) is 20.9. The van der Waals surface area contributed by atoms with Crippen LogP contribution in [-0.4, -0.2) is 71.6 Å². The Balaban J connectivity index is 1.50. The molecule has 3 aliphatic rings. The lowest BCUT2D eigenvalue weighted by molar-refractivity contribution is -0.128. The summed E-state index contributed by atoms with van der Waals surface area (Å²) in [5.74, 6) is -0.0422. The molecule has 0 radical (unpaired) electrons. The molecule has 1 saturated heterocycles. The average molecular weight is 444 g/mol. The fraction of sp³-hybridized carbons (Fsp3) is 0.545. The lowest BCUT2D eigenvalue weighted by Gasteiger charge is -2.35. The van der Waals surface area contributed by atoms with Crippen LogP contribution in [0.5, 0.6) is 5.75 Å². The molecule has 2 aliphatic heterocycles. The first-order valence-electron chi connectivity index (χ1n) is 11.0. The van der Waals surface area contributed by atoms with Gasteiger partial charge in [0.25, 0.3) is 11.8 Å². The van der Waals surface area contributed by atoms with Crippen molar-refractivity contribution < 1.29 is 29.0 Å². The molecule has 1 aromatic carbocycles. The number of anilines is 1. The van der Waals surface area contributed by atoms with Gasteiger partial charge >= 0.3 is 6.09 Å². The standard InChI is InChI=1S/C22H28N4O6/c1-2-18(27)23-9-11-26-16-12-14(5-6-17(16)32-22(7-8-22)20(26)29)19(28)24-15-4-3-10-25(13-15)21(30)31/h5-6,12,15H,2-4,7-11,13H2,1H3,(H,23,27)(H,24,28)(H,30,31)/t15-/m1/s1. The third-order valence-corrected chi connectivity index (χ3v) is 6.16. The van der Waals surface area contributed by atoms with Crippen molar-refractivity contribution in [2.24, 2.45) is 0 Å². The lowest BCUT2D eigenvalue weighted by Crippen LogP contribution is -2.50. The van der Waals surface area contributed by atoms with E-state index in [2.05, 4.69) is 10.6 Å². The van der Waals surface area contributed by atoms with E-state index in [1.165, 1.54) is 4.90 Å². The number of hydrogen-bond donors (Lipinski definition) is 3. The van der Waals surface area contributed by atoms with Gasteiger partial charge < -0.3 is 30.3 Å². The van der Waals surface area contributed by atoms with Gasteiger partial charge in [-0.05, 0) is 31.0 Å². The number of nitrogens with zero attached hydrogens (tertiary/aromatic N) is 2. The van der Waals surface area contributed by atoms with Gasteiger partial charge in [0.15, 0.2) is 5.60 Å². The monoisotopic (exact) mass is 444 g/mol. The highest BCUT2D eigenvalue weighted by Gasteiger charge is 2.57. The fourth-order valence-corrected chi connectivity index (χ4v) is 4.19. The van der Waals surface area contributed by atoms with E-state index in [4.69, 9.17) is 4.74 Å². The van der Waals surface area contributed by atoms with Crippen LogP contribution in [0.15, 0.2) is 18.2 Å². The van der Waals surface area contributed by atoms with Crippen molar-refractivity contribution in [3.05, 3.63) is 23.8 Å². The first kappa shape index (κ1) is 21.9. The van der Waals surface area contributed by atoms with Crippen LogP contribution in [0.25, 0.3) is 0 Å². The van der Waals surface area contributed by atoms with Gasteiger partial charge in [0.1, 0.15) is 5.75 Å². The van der Waals surface area contributed by atoms with Crippen molar-refractivity contribution >= 4 is 29.5 Å². The van der Waals surface area contributed by atoms with Crippen LogP contribution in [-0.2, 0) is 9.59 Å². The summed E-state index contributed by atoms with van der Waals surface area (Å²) in [4.78, 5) is 51.6. The molecule has 1 aromatic rings. The lowest BCUT2D eigenvalue weighted by atomic mass is 10.0. The highest BCUT2D eigenvalue weighted by atomic mass is 16.5. The molecule has 4 rings (SSSR count). The van der Waals surface area contributed by atoms with Gasteiger partial charge in [0.05, 0.1) is 5.69 Å². The maximum absolute atomic E-state index is 13.0. The quantitative estimate of drug-likeness (QED) is 0.608. The molecule has 0 unspecified atom stereocenters. The Bertz CT molecular complexity index is 944. The van der Waals surface area contributed by atoms with Crippen LogP contribution < -0.4 is 20.3 Å². The second-order valence-electron chi connectivity index (χ2n) is 8.48. The molecule has 4 amide bonds. The number of benzene rings is 1. The summed E-state index contributed by atoms with van der Waals surface area (Å²) in [5.41, 5.74) is 0.0390. The Labute approximate surface area is 185 Å². The predicted molar refractivity (Wildman–Crippen MR) is 115 cm³/mol. The Kier molecular flexibility index (Phi) is 5.94. The van der Waals surface area contributed by atoms with Crippen LogP contribution >= 0.6 is 0 Å². The van der Waals surface area contributed by atoms with E-state index in [9.17, 15) is 24.3 Å². The number of ether oxygens (including phenoxy) is 1. The number of rotatable bonds is 6. The van der Waals surface area contributed by atoms with Crippen molar-refractivity contribution in [2.45, 2.75) is 50.7 Å². The summed E-state index contributed by atoms with van der Waals surface area (Å²) in [7, 11) is 0. The number of carbonyl (C=O) groups excluding carboxylic acids is 3. The third-order valence-electron chi connectivity index (χ3n) is 6.16. The highest BCUT2D eigenvalue weighted by molar-refractivity contribution is 6.06. The number of likely N-dealkylation sites (tertiary alicyclic amines) is 1. The van der Waals surface area contributed by atoms with Gasteiger partial charge in [-0.2, -0.15) is 0 Å². The zero-order chi connectivity index (χ0) is 22.9. The van der Waals surface area contributed by atoms with E-state index >= 15 is 0 Å². The Morgan fingerprint density at radius 3 is 2.75 bits per heavy atom. The minimum Gasteiger partial charge on any atom is -0.475 e. The molecule has 3 N–H and O–H groups in total. The summed E-state index contributed by atoms with van der Waals surface area (Å²) in [6, 6.07) is 4.70. The number of fused-ring (bicyclic) bond motifs is 1. The van der Waals surface area contributed by atoms with Gasteiger partial charge in [-0.25, -0.2) is 4.79 Å². The maximum Gasteiger partial charge on any atom is 0.407 e. The van der Waals surface area contributed by atoms with Gasteiger partial charge in [-0.3, -0.25) is 14.4 Å². The van der Waals surface area contributed by atoms with E-state index in [0.29, 0.717) is 62.2 Å². The topological polar surface area (TPSA) is 128 Å². The molecule has 2 fully saturated rings. The number of nitrogens with one attached hydrogen (secondary N) is 2. The number of carboxylic acid groups (broad SMARTS) is 1. The molecule has 1 saturated carbocycles. The molecule has 10 heteroatoms. The number of piperidine rings is 1. The fourth-order valence-electron chi connectivity index (χ4n) is 4.19. The van der Waals surface area contributed by atoms with E-state index in [1.54, 1.807) is 30.0 Å². The number of hydrogen-bond acceptors (Lipinski definition) is 5. The summed E-state index contributed by atoms with van der Waals surface area (Å²) in [6.07, 6.45) is 2.05. The summed E-state index contributed by atoms with van der Waals surface area (Å²) in [5, 5.41) is 14.9. The molecule has 2 heterocycles.